The van der Waals surface area contributed by atoms with Crippen LogP contribution in [0.2, 0.25) is 0 Å². The smallest absolute Gasteiger partial charge is 0.341 e. The van der Waals surface area contributed by atoms with Gasteiger partial charge in [0.1, 0.15) is 5.75 Å². The van der Waals surface area contributed by atoms with Crippen LogP contribution in [0.1, 0.15) is 22.8 Å². The number of nitrogens with one attached hydrogen (secondary N) is 2. The maximum atomic E-state index is 12.9. The van der Waals surface area contributed by atoms with Gasteiger partial charge in [0.15, 0.2) is 6.10 Å². The molecular formula is C24H22N4O8. The summed E-state index contributed by atoms with van der Waals surface area (Å²) in [4.78, 5) is 46.6. The minimum absolute atomic E-state index is 0.0140. The van der Waals surface area contributed by atoms with Crippen molar-refractivity contribution in [3.63, 3.8) is 0 Å². The zero-order valence-corrected chi connectivity index (χ0v) is 19.3. The van der Waals surface area contributed by atoms with Crippen molar-refractivity contribution >= 4 is 34.6 Å². The number of nitrogens with zero attached hydrogens (tertiary/aromatic N) is 2. The summed E-state index contributed by atoms with van der Waals surface area (Å²) < 4.78 is 10.4. The van der Waals surface area contributed by atoms with Gasteiger partial charge in [-0.3, -0.25) is 25.0 Å². The Morgan fingerprint density at radius 3 is 2.19 bits per heavy atom. The van der Waals surface area contributed by atoms with Gasteiger partial charge in [-0.1, -0.05) is 30.3 Å². The average Bonchev–Trinajstić information content (AvgIpc) is 2.87. The van der Waals surface area contributed by atoms with Crippen molar-refractivity contribution in [1.29, 1.82) is 0 Å². The lowest BCUT2D eigenvalue weighted by Crippen LogP contribution is -2.30. The number of benzene rings is 3. The Labute approximate surface area is 205 Å². The van der Waals surface area contributed by atoms with E-state index >= 15 is 0 Å². The Balaban J connectivity index is 1.78. The molecule has 2 N–H and O–H groups in total. The molecule has 0 saturated heterocycles. The van der Waals surface area contributed by atoms with Gasteiger partial charge in [0, 0.05) is 36.5 Å². The molecular weight excluding hydrogens is 472 g/mol. The second kappa shape index (κ2) is 11.4. The van der Waals surface area contributed by atoms with E-state index in [-0.39, 0.29) is 34.1 Å². The van der Waals surface area contributed by atoms with Crippen LogP contribution in [0.3, 0.4) is 0 Å². The van der Waals surface area contributed by atoms with E-state index < -0.39 is 27.8 Å². The van der Waals surface area contributed by atoms with E-state index in [9.17, 15) is 29.8 Å². The van der Waals surface area contributed by atoms with Gasteiger partial charge in [0.05, 0.1) is 28.2 Å². The number of hydrogen-bond donors (Lipinski definition) is 2. The fraction of sp³-hybridized carbons (Fsp3) is 0.167. The van der Waals surface area contributed by atoms with Crippen molar-refractivity contribution in [1.82, 2.24) is 0 Å². The molecule has 3 aromatic rings. The minimum Gasteiger partial charge on any atom is -0.495 e. The van der Waals surface area contributed by atoms with Gasteiger partial charge < -0.3 is 20.1 Å². The molecule has 12 nitrogen and oxygen atoms in total. The van der Waals surface area contributed by atoms with Crippen LogP contribution in [-0.4, -0.2) is 34.9 Å². The lowest BCUT2D eigenvalue weighted by atomic mass is 10.1. The number of methoxy groups -OCH3 is 1. The topological polar surface area (TPSA) is 163 Å². The van der Waals surface area contributed by atoms with Crippen LogP contribution in [0, 0.1) is 20.2 Å². The average molecular weight is 494 g/mol. The third-order valence-electron chi connectivity index (χ3n) is 5.06. The summed E-state index contributed by atoms with van der Waals surface area (Å²) in [7, 11) is 1.33. The molecule has 3 aromatic carbocycles. The SMILES string of the molecule is COc1ccc([N+](=O)[O-])cc1NC(=O)C(C)OC(=O)c1cc([N+](=O)[O-])ccc1NCc1ccccc1. The van der Waals surface area contributed by atoms with Gasteiger partial charge in [-0.2, -0.15) is 0 Å². The molecule has 0 aliphatic heterocycles. The Morgan fingerprint density at radius 1 is 0.917 bits per heavy atom. The molecule has 0 spiro atoms. The number of hydrogen-bond acceptors (Lipinski definition) is 9. The Hall–Kier alpha value is -5.00. The van der Waals surface area contributed by atoms with Crippen molar-refractivity contribution in [2.75, 3.05) is 17.7 Å². The van der Waals surface area contributed by atoms with E-state index in [1.807, 2.05) is 30.3 Å². The van der Waals surface area contributed by atoms with Gasteiger partial charge in [0.25, 0.3) is 17.3 Å². The number of anilines is 2. The molecule has 3 rings (SSSR count). The number of carbonyl (C=O) groups is 2. The first-order valence-corrected chi connectivity index (χ1v) is 10.6. The van der Waals surface area contributed by atoms with Crippen LogP contribution in [0.15, 0.2) is 66.7 Å². The summed E-state index contributed by atoms with van der Waals surface area (Å²) in [5.41, 5.74) is 0.469. The standard InChI is InChI=1S/C24H22N4O8/c1-15(23(29)26-21-13-18(28(33)34)9-11-22(21)35-2)36-24(30)19-12-17(27(31)32)8-10-20(19)25-14-16-6-4-3-5-7-16/h3-13,15,25H,14H2,1-2H3,(H,26,29). The second-order valence-electron chi connectivity index (χ2n) is 7.50. The number of nitro benzene ring substituents is 2. The number of amides is 1. The van der Waals surface area contributed by atoms with E-state index in [0.717, 1.165) is 17.7 Å². The fourth-order valence-electron chi connectivity index (χ4n) is 3.18. The molecule has 0 saturated carbocycles. The molecule has 1 unspecified atom stereocenters. The van der Waals surface area contributed by atoms with Crippen LogP contribution in [0.5, 0.6) is 5.75 Å². The molecule has 0 aromatic heterocycles. The largest absolute Gasteiger partial charge is 0.495 e. The molecule has 0 bridgehead atoms. The zero-order chi connectivity index (χ0) is 26.2. The summed E-state index contributed by atoms with van der Waals surface area (Å²) >= 11 is 0. The van der Waals surface area contributed by atoms with Crippen LogP contribution < -0.4 is 15.4 Å². The molecule has 0 radical (unpaired) electrons. The van der Waals surface area contributed by atoms with Crippen LogP contribution in [0.4, 0.5) is 22.7 Å². The van der Waals surface area contributed by atoms with Crippen molar-refractivity contribution in [3.8, 4) is 5.75 Å². The fourth-order valence-corrected chi connectivity index (χ4v) is 3.18. The lowest BCUT2D eigenvalue weighted by molar-refractivity contribution is -0.385. The van der Waals surface area contributed by atoms with Crippen molar-refractivity contribution in [3.05, 3.63) is 98.1 Å². The Morgan fingerprint density at radius 2 is 1.56 bits per heavy atom. The number of nitro groups is 2. The molecule has 1 atom stereocenters. The van der Waals surface area contributed by atoms with E-state index in [0.29, 0.717) is 6.54 Å². The molecule has 1 amide bonds. The van der Waals surface area contributed by atoms with E-state index in [1.54, 1.807) is 0 Å². The van der Waals surface area contributed by atoms with Crippen molar-refractivity contribution in [2.24, 2.45) is 0 Å². The van der Waals surface area contributed by atoms with Crippen LogP contribution in [0.25, 0.3) is 0 Å². The first kappa shape index (κ1) is 25.6. The quantitative estimate of drug-likeness (QED) is 0.237. The Kier molecular flexibility index (Phi) is 8.13. The molecule has 186 valence electrons. The Bertz CT molecular complexity index is 1300. The monoisotopic (exact) mass is 494 g/mol. The number of esters is 1. The maximum absolute atomic E-state index is 12.9. The molecule has 12 heteroatoms. The van der Waals surface area contributed by atoms with E-state index in [1.165, 1.54) is 38.3 Å². The van der Waals surface area contributed by atoms with Gasteiger partial charge in [-0.25, -0.2) is 4.79 Å². The van der Waals surface area contributed by atoms with Gasteiger partial charge in [0.2, 0.25) is 0 Å². The summed E-state index contributed by atoms with van der Waals surface area (Å²) in [6.45, 7) is 1.63. The van der Waals surface area contributed by atoms with Gasteiger partial charge in [-0.15, -0.1) is 0 Å². The lowest BCUT2D eigenvalue weighted by Gasteiger charge is -2.17. The maximum Gasteiger partial charge on any atom is 0.341 e. The van der Waals surface area contributed by atoms with Gasteiger partial charge in [-0.05, 0) is 24.6 Å². The zero-order valence-electron chi connectivity index (χ0n) is 19.3. The van der Waals surface area contributed by atoms with Gasteiger partial charge >= 0.3 is 5.97 Å². The third-order valence-corrected chi connectivity index (χ3v) is 5.06. The normalized spacial score (nSPS) is 11.2. The molecule has 36 heavy (non-hydrogen) atoms. The summed E-state index contributed by atoms with van der Waals surface area (Å²) in [5, 5.41) is 27.8. The number of carbonyl (C=O) groups excluding carboxylic acids is 2. The summed E-state index contributed by atoms with van der Waals surface area (Å²) in [6.07, 6.45) is -1.34. The highest BCUT2D eigenvalue weighted by molar-refractivity contribution is 6.00. The third kappa shape index (κ3) is 6.32. The van der Waals surface area contributed by atoms with Crippen LogP contribution >= 0.6 is 0 Å². The number of rotatable bonds is 10. The number of ether oxygens (including phenoxy) is 2. The molecule has 0 fully saturated rings. The summed E-state index contributed by atoms with van der Waals surface area (Å²) in [5.74, 6) is -1.59. The molecule has 0 heterocycles. The first-order chi connectivity index (χ1) is 17.2. The van der Waals surface area contributed by atoms with E-state index in [2.05, 4.69) is 10.6 Å². The minimum atomic E-state index is -1.34. The highest BCUT2D eigenvalue weighted by Crippen LogP contribution is 2.29. The molecule has 0 aliphatic rings. The van der Waals surface area contributed by atoms with Crippen molar-refractivity contribution < 1.29 is 28.9 Å². The van der Waals surface area contributed by atoms with Crippen LogP contribution in [-0.2, 0) is 16.1 Å². The summed E-state index contributed by atoms with van der Waals surface area (Å²) in [6, 6.07) is 16.6. The predicted molar refractivity (Wildman–Crippen MR) is 130 cm³/mol. The highest BCUT2D eigenvalue weighted by atomic mass is 16.6. The highest BCUT2D eigenvalue weighted by Gasteiger charge is 2.24. The van der Waals surface area contributed by atoms with Crippen molar-refractivity contribution in [2.45, 2.75) is 19.6 Å². The number of non-ortho nitro benzene ring substituents is 2. The first-order valence-electron chi connectivity index (χ1n) is 10.6. The predicted octanol–water partition coefficient (Wildman–Crippen LogP) is 4.31. The second-order valence-corrected chi connectivity index (χ2v) is 7.50. The molecule has 0 aliphatic carbocycles. The van der Waals surface area contributed by atoms with E-state index in [4.69, 9.17) is 9.47 Å².